The molecule has 31 heavy (non-hydrogen) atoms. The first kappa shape index (κ1) is 21.1. The highest BCUT2D eigenvalue weighted by molar-refractivity contribution is 7.98. The van der Waals surface area contributed by atoms with Gasteiger partial charge in [-0.3, -0.25) is 14.3 Å². The van der Waals surface area contributed by atoms with Gasteiger partial charge < -0.3 is 5.32 Å². The molecule has 2 aromatic carbocycles. The molecule has 0 fully saturated rings. The molecule has 0 aliphatic carbocycles. The van der Waals surface area contributed by atoms with E-state index < -0.39 is 0 Å². The van der Waals surface area contributed by atoms with E-state index in [2.05, 4.69) is 15.3 Å². The standard InChI is InChI=1S/C22H20ClN5O2S/c1-14(2)27-13-24-22-25-17(11-20(29)28(22)27)12-31-19-6-4-3-5-18(19)26-21(30)15-7-9-16(23)10-8-15/h3-11,13-14H,12H2,1-2H3,(H,26,30). The van der Waals surface area contributed by atoms with Crippen LogP contribution in [-0.4, -0.2) is 25.1 Å². The molecule has 0 bridgehead atoms. The van der Waals surface area contributed by atoms with Crippen molar-refractivity contribution in [2.24, 2.45) is 0 Å². The first-order valence-corrected chi connectivity index (χ1v) is 11.0. The molecule has 0 aliphatic rings. The topological polar surface area (TPSA) is 81.3 Å². The number of benzene rings is 2. The number of carbonyl (C=O) groups is 1. The molecule has 7 nitrogen and oxygen atoms in total. The van der Waals surface area contributed by atoms with Crippen molar-refractivity contribution in [2.75, 3.05) is 5.32 Å². The second-order valence-corrected chi connectivity index (χ2v) is 8.62. The van der Waals surface area contributed by atoms with Crippen molar-refractivity contribution in [3.05, 3.63) is 87.6 Å². The predicted molar refractivity (Wildman–Crippen MR) is 123 cm³/mol. The van der Waals surface area contributed by atoms with Crippen molar-refractivity contribution in [3.8, 4) is 0 Å². The van der Waals surface area contributed by atoms with Crippen LogP contribution in [0.1, 0.15) is 35.9 Å². The Morgan fingerprint density at radius 2 is 1.90 bits per heavy atom. The maximum atomic E-state index is 12.6. The number of nitrogens with one attached hydrogen (secondary N) is 1. The summed E-state index contributed by atoms with van der Waals surface area (Å²) in [6.45, 7) is 3.96. The van der Waals surface area contributed by atoms with Crippen LogP contribution in [0.15, 0.2) is 70.6 Å². The molecule has 0 unspecified atom stereocenters. The van der Waals surface area contributed by atoms with Crippen LogP contribution in [0.25, 0.3) is 5.78 Å². The maximum absolute atomic E-state index is 12.6. The molecule has 9 heteroatoms. The summed E-state index contributed by atoms with van der Waals surface area (Å²) in [6.07, 6.45) is 1.62. The molecule has 4 rings (SSSR count). The summed E-state index contributed by atoms with van der Waals surface area (Å²) in [4.78, 5) is 34.8. The van der Waals surface area contributed by atoms with E-state index in [-0.39, 0.29) is 17.5 Å². The Morgan fingerprint density at radius 3 is 2.65 bits per heavy atom. The zero-order valence-electron chi connectivity index (χ0n) is 16.9. The van der Waals surface area contributed by atoms with Gasteiger partial charge in [0.2, 0.25) is 0 Å². The van der Waals surface area contributed by atoms with Crippen LogP contribution >= 0.6 is 23.4 Å². The molecule has 0 saturated heterocycles. The number of thioether (sulfide) groups is 1. The number of hydrogen-bond donors (Lipinski definition) is 1. The minimum atomic E-state index is -0.221. The molecule has 0 radical (unpaired) electrons. The lowest BCUT2D eigenvalue weighted by Crippen LogP contribution is -2.22. The highest BCUT2D eigenvalue weighted by Gasteiger charge is 2.13. The molecule has 1 amide bonds. The molecule has 1 N–H and O–H groups in total. The Hall–Kier alpha value is -3.10. The van der Waals surface area contributed by atoms with E-state index in [0.717, 1.165) is 4.90 Å². The molecule has 4 aromatic rings. The first-order valence-electron chi connectivity index (χ1n) is 9.67. The maximum Gasteiger partial charge on any atom is 0.274 e. The average molecular weight is 454 g/mol. The number of fused-ring (bicyclic) bond motifs is 1. The van der Waals surface area contributed by atoms with Crippen LogP contribution in [0.3, 0.4) is 0 Å². The summed E-state index contributed by atoms with van der Waals surface area (Å²) in [7, 11) is 0. The monoisotopic (exact) mass is 453 g/mol. The summed E-state index contributed by atoms with van der Waals surface area (Å²) in [5.74, 6) is 0.622. The van der Waals surface area contributed by atoms with Crippen LogP contribution in [0.5, 0.6) is 0 Å². The van der Waals surface area contributed by atoms with Gasteiger partial charge in [-0.1, -0.05) is 23.7 Å². The van der Waals surface area contributed by atoms with Gasteiger partial charge in [-0.05, 0) is 50.2 Å². The van der Waals surface area contributed by atoms with E-state index in [0.29, 0.717) is 33.5 Å². The Labute approximate surface area is 188 Å². The van der Waals surface area contributed by atoms with Gasteiger partial charge in [0.1, 0.15) is 6.33 Å². The van der Waals surface area contributed by atoms with Gasteiger partial charge in [0.15, 0.2) is 0 Å². The van der Waals surface area contributed by atoms with Gasteiger partial charge in [-0.15, -0.1) is 11.8 Å². The normalized spacial score (nSPS) is 11.2. The number of rotatable bonds is 6. The van der Waals surface area contributed by atoms with Crippen LogP contribution in [0.2, 0.25) is 5.02 Å². The SMILES string of the molecule is CC(C)n1cnc2nc(CSc3ccccc3NC(=O)c3ccc(Cl)cc3)cc(=O)n21. The van der Waals surface area contributed by atoms with Crippen molar-refractivity contribution in [3.63, 3.8) is 0 Å². The van der Waals surface area contributed by atoms with E-state index in [1.165, 1.54) is 22.3 Å². The zero-order valence-corrected chi connectivity index (χ0v) is 18.5. The molecule has 0 spiro atoms. The smallest absolute Gasteiger partial charge is 0.274 e. The molecule has 2 aromatic heterocycles. The summed E-state index contributed by atoms with van der Waals surface area (Å²) in [5, 5.41) is 3.51. The third kappa shape index (κ3) is 4.65. The van der Waals surface area contributed by atoms with Gasteiger partial charge in [0, 0.05) is 33.3 Å². The number of halogens is 1. The van der Waals surface area contributed by atoms with E-state index in [4.69, 9.17) is 11.6 Å². The third-order valence-corrected chi connectivity index (χ3v) is 5.96. The van der Waals surface area contributed by atoms with Crippen molar-refractivity contribution in [2.45, 2.75) is 30.5 Å². The highest BCUT2D eigenvalue weighted by Crippen LogP contribution is 2.29. The second kappa shape index (κ2) is 8.95. The predicted octanol–water partition coefficient (Wildman–Crippen LogP) is 4.67. The average Bonchev–Trinajstić information content (AvgIpc) is 3.18. The molecule has 0 aliphatic heterocycles. The van der Waals surface area contributed by atoms with Crippen LogP contribution < -0.4 is 10.9 Å². The lowest BCUT2D eigenvalue weighted by atomic mass is 10.2. The van der Waals surface area contributed by atoms with Gasteiger partial charge in [-0.25, -0.2) is 4.98 Å². The van der Waals surface area contributed by atoms with E-state index >= 15 is 0 Å². The van der Waals surface area contributed by atoms with Crippen LogP contribution in [-0.2, 0) is 5.75 Å². The van der Waals surface area contributed by atoms with Crippen molar-refractivity contribution in [1.82, 2.24) is 19.2 Å². The molecule has 0 saturated carbocycles. The van der Waals surface area contributed by atoms with E-state index in [1.807, 2.05) is 38.1 Å². The van der Waals surface area contributed by atoms with E-state index in [1.54, 1.807) is 35.3 Å². The van der Waals surface area contributed by atoms with Gasteiger partial charge in [0.05, 0.1) is 11.4 Å². The fraction of sp³-hybridized carbons (Fsp3) is 0.182. The molecule has 158 valence electrons. The minimum Gasteiger partial charge on any atom is -0.321 e. The second-order valence-electron chi connectivity index (χ2n) is 7.16. The number of aromatic nitrogens is 4. The van der Waals surface area contributed by atoms with Crippen LogP contribution in [0.4, 0.5) is 5.69 Å². The summed E-state index contributed by atoms with van der Waals surface area (Å²) in [5.41, 5.74) is 1.67. The fourth-order valence-corrected chi connectivity index (χ4v) is 4.08. The van der Waals surface area contributed by atoms with Crippen LogP contribution in [0, 0.1) is 0 Å². The summed E-state index contributed by atoms with van der Waals surface area (Å²) in [6, 6.07) is 15.8. The van der Waals surface area contributed by atoms with Gasteiger partial charge in [-0.2, -0.15) is 9.50 Å². The summed E-state index contributed by atoms with van der Waals surface area (Å²) < 4.78 is 3.22. The number of hydrogen-bond acceptors (Lipinski definition) is 5. The van der Waals surface area contributed by atoms with Crippen molar-refractivity contribution < 1.29 is 4.79 Å². The quantitative estimate of drug-likeness (QED) is 0.429. The van der Waals surface area contributed by atoms with Gasteiger partial charge >= 0.3 is 0 Å². The first-order chi connectivity index (χ1) is 14.9. The Morgan fingerprint density at radius 1 is 1.16 bits per heavy atom. The Balaban J connectivity index is 1.52. The number of anilines is 1. The Kier molecular flexibility index (Phi) is 6.11. The summed E-state index contributed by atoms with van der Waals surface area (Å²) >= 11 is 7.38. The number of para-hydroxylation sites is 1. The lowest BCUT2D eigenvalue weighted by molar-refractivity contribution is 0.102. The lowest BCUT2D eigenvalue weighted by Gasteiger charge is -2.11. The molecular weight excluding hydrogens is 434 g/mol. The molecular formula is C22H20ClN5O2S. The van der Waals surface area contributed by atoms with Crippen molar-refractivity contribution in [1.29, 1.82) is 0 Å². The number of nitrogens with zero attached hydrogens (tertiary/aromatic N) is 4. The fourth-order valence-electron chi connectivity index (χ4n) is 3.05. The Bertz CT molecular complexity index is 1300. The molecule has 2 heterocycles. The van der Waals surface area contributed by atoms with E-state index in [9.17, 15) is 9.59 Å². The third-order valence-electron chi connectivity index (χ3n) is 4.60. The largest absolute Gasteiger partial charge is 0.321 e. The van der Waals surface area contributed by atoms with Crippen molar-refractivity contribution >= 4 is 40.7 Å². The van der Waals surface area contributed by atoms with Gasteiger partial charge in [0.25, 0.3) is 17.2 Å². The number of carbonyl (C=O) groups excluding carboxylic acids is 1. The minimum absolute atomic E-state index is 0.0980. The number of amides is 1. The molecule has 0 atom stereocenters. The highest BCUT2D eigenvalue weighted by atomic mass is 35.5. The zero-order chi connectivity index (χ0) is 22.0.